The van der Waals surface area contributed by atoms with Crippen LogP contribution in [0.1, 0.15) is 137 Å². The highest BCUT2D eigenvalue weighted by molar-refractivity contribution is 5.91. The monoisotopic (exact) mass is 501 g/mol. The number of esters is 1. The number of aryl methyl sites for hydroxylation is 1. The van der Waals surface area contributed by atoms with Gasteiger partial charge in [0.25, 0.3) is 0 Å². The molecule has 1 fully saturated rings. The minimum Gasteiger partial charge on any atom is -0.422 e. The lowest BCUT2D eigenvalue weighted by Gasteiger charge is -2.29. The highest BCUT2D eigenvalue weighted by Crippen LogP contribution is 2.38. The summed E-state index contributed by atoms with van der Waals surface area (Å²) in [6.07, 6.45) is 17.6. The predicted molar refractivity (Wildman–Crippen MR) is 153 cm³/mol. The van der Waals surface area contributed by atoms with Crippen molar-refractivity contribution in [2.45, 2.75) is 117 Å². The molecule has 0 radical (unpaired) electrons. The van der Waals surface area contributed by atoms with Crippen LogP contribution in [0.5, 0.6) is 5.75 Å². The van der Waals surface area contributed by atoms with E-state index in [4.69, 9.17) is 4.74 Å². The molecule has 3 nitrogen and oxygen atoms in total. The molecule has 0 spiro atoms. The van der Waals surface area contributed by atoms with E-state index in [9.17, 15) is 10.1 Å². The summed E-state index contributed by atoms with van der Waals surface area (Å²) in [7, 11) is 0. The highest BCUT2D eigenvalue weighted by Gasteiger charge is 2.23. The molecule has 0 amide bonds. The predicted octanol–water partition coefficient (Wildman–Crippen LogP) is 9.78. The topological polar surface area (TPSA) is 50.1 Å². The first-order valence-electron chi connectivity index (χ1n) is 14.8. The van der Waals surface area contributed by atoms with Gasteiger partial charge in [-0.15, -0.1) is 0 Å². The number of hydrogen-bond acceptors (Lipinski definition) is 3. The van der Waals surface area contributed by atoms with Gasteiger partial charge in [-0.3, -0.25) is 0 Å². The van der Waals surface area contributed by atoms with Gasteiger partial charge in [0.1, 0.15) is 11.8 Å². The number of ether oxygens (including phenoxy) is 1. The van der Waals surface area contributed by atoms with E-state index >= 15 is 0 Å². The van der Waals surface area contributed by atoms with Crippen molar-refractivity contribution in [3.8, 4) is 11.8 Å². The number of rotatable bonds is 14. The second-order valence-electron chi connectivity index (χ2n) is 11.5. The van der Waals surface area contributed by atoms with Crippen molar-refractivity contribution in [1.82, 2.24) is 0 Å². The first kappa shape index (κ1) is 29.0. The molecule has 0 heterocycles. The Labute approximate surface area is 225 Å². The molecule has 0 N–H and O–H groups in total. The molecule has 3 heteroatoms. The molecule has 0 bridgehead atoms. The Balaban J connectivity index is 1.48. The van der Waals surface area contributed by atoms with E-state index in [2.05, 4.69) is 39.0 Å². The fraction of sp³-hybridized carbons (Fsp3) is 0.588. The fourth-order valence-electron chi connectivity index (χ4n) is 5.60. The zero-order valence-electron chi connectivity index (χ0n) is 23.4. The van der Waals surface area contributed by atoms with Crippen molar-refractivity contribution in [2.75, 3.05) is 0 Å². The van der Waals surface area contributed by atoms with Gasteiger partial charge in [-0.25, -0.2) is 4.79 Å². The average Bonchev–Trinajstić information content (AvgIpc) is 2.92. The summed E-state index contributed by atoms with van der Waals surface area (Å²) in [5.74, 6) is 2.21. The Bertz CT molecular complexity index is 993. The molecule has 0 atom stereocenters. The van der Waals surface area contributed by atoms with E-state index < -0.39 is 5.97 Å². The molecule has 0 unspecified atom stereocenters. The number of benzene rings is 2. The molecular weight excluding hydrogens is 454 g/mol. The van der Waals surface area contributed by atoms with Crippen LogP contribution < -0.4 is 4.74 Å². The van der Waals surface area contributed by atoms with Crippen molar-refractivity contribution in [3.63, 3.8) is 0 Å². The van der Waals surface area contributed by atoms with Gasteiger partial charge in [0, 0.05) is 0 Å². The van der Waals surface area contributed by atoms with Gasteiger partial charge in [0.15, 0.2) is 0 Å². The molecule has 1 aliphatic rings. The van der Waals surface area contributed by atoms with Gasteiger partial charge < -0.3 is 4.74 Å². The average molecular weight is 502 g/mol. The normalized spacial score (nSPS) is 17.5. The Morgan fingerprint density at radius 2 is 1.62 bits per heavy atom. The van der Waals surface area contributed by atoms with Crippen LogP contribution in [0.4, 0.5) is 0 Å². The van der Waals surface area contributed by atoms with Crippen molar-refractivity contribution in [3.05, 3.63) is 64.7 Å². The quantitative estimate of drug-likeness (QED) is 0.147. The van der Waals surface area contributed by atoms with Gasteiger partial charge >= 0.3 is 5.97 Å². The van der Waals surface area contributed by atoms with Crippen molar-refractivity contribution < 1.29 is 9.53 Å². The standard InChI is InChI=1S/C34H47NO2/c1-4-5-6-7-8-9-10-11-28-16-23-33(32(24-28)25-35)37-34(36)31-21-19-30(20-22-31)29-17-14-27(15-18-29)13-12-26(2)3/h16,19-24,26-27,29H,4-15,17-18H2,1-3H3. The Morgan fingerprint density at radius 1 is 0.946 bits per heavy atom. The minimum atomic E-state index is -0.403. The zero-order valence-corrected chi connectivity index (χ0v) is 23.4. The van der Waals surface area contributed by atoms with Crippen LogP contribution >= 0.6 is 0 Å². The summed E-state index contributed by atoms with van der Waals surface area (Å²) in [6.45, 7) is 6.86. The van der Waals surface area contributed by atoms with Gasteiger partial charge in [0.2, 0.25) is 0 Å². The van der Waals surface area contributed by atoms with Crippen molar-refractivity contribution in [1.29, 1.82) is 5.26 Å². The SMILES string of the molecule is CCCCCCCCCc1ccc(OC(=O)c2ccc(C3CCC(CCC(C)C)CC3)cc2)c(C#N)c1. The highest BCUT2D eigenvalue weighted by atomic mass is 16.5. The summed E-state index contributed by atoms with van der Waals surface area (Å²) in [4.78, 5) is 12.8. The number of nitrogens with zero attached hydrogens (tertiary/aromatic N) is 1. The summed E-state index contributed by atoms with van der Waals surface area (Å²) >= 11 is 0. The molecule has 2 aromatic rings. The molecule has 0 aromatic heterocycles. The lowest BCUT2D eigenvalue weighted by molar-refractivity contribution is 0.0734. The maximum atomic E-state index is 12.8. The van der Waals surface area contributed by atoms with Gasteiger partial charge in [-0.1, -0.05) is 90.3 Å². The van der Waals surface area contributed by atoms with E-state index in [1.807, 2.05) is 24.3 Å². The van der Waals surface area contributed by atoms with Crippen LogP contribution in [-0.2, 0) is 6.42 Å². The molecule has 1 aliphatic carbocycles. The molecule has 37 heavy (non-hydrogen) atoms. The van der Waals surface area contributed by atoms with Crippen LogP contribution in [0.15, 0.2) is 42.5 Å². The third-order valence-electron chi connectivity index (χ3n) is 8.05. The Kier molecular flexibility index (Phi) is 12.2. The number of hydrogen-bond donors (Lipinski definition) is 0. The first-order valence-corrected chi connectivity index (χ1v) is 14.8. The van der Waals surface area contributed by atoms with Crippen molar-refractivity contribution in [2.24, 2.45) is 11.8 Å². The molecule has 3 rings (SSSR count). The fourth-order valence-corrected chi connectivity index (χ4v) is 5.60. The first-order chi connectivity index (χ1) is 18.0. The maximum absolute atomic E-state index is 12.8. The molecule has 0 aliphatic heterocycles. The minimum absolute atomic E-state index is 0.347. The maximum Gasteiger partial charge on any atom is 0.343 e. The Morgan fingerprint density at radius 3 is 2.27 bits per heavy atom. The molecule has 1 saturated carbocycles. The molecule has 200 valence electrons. The number of nitriles is 1. The Hall–Kier alpha value is -2.60. The smallest absolute Gasteiger partial charge is 0.343 e. The third kappa shape index (κ3) is 9.66. The summed E-state index contributed by atoms with van der Waals surface area (Å²) < 4.78 is 5.64. The van der Waals surface area contributed by atoms with Gasteiger partial charge in [-0.2, -0.15) is 5.26 Å². The largest absolute Gasteiger partial charge is 0.422 e. The van der Waals surface area contributed by atoms with Crippen LogP contribution in [0.3, 0.4) is 0 Å². The van der Waals surface area contributed by atoms with Crippen LogP contribution in [0.2, 0.25) is 0 Å². The van der Waals surface area contributed by atoms with Crippen molar-refractivity contribution >= 4 is 5.97 Å². The van der Waals surface area contributed by atoms with Crippen LogP contribution in [0, 0.1) is 23.2 Å². The summed E-state index contributed by atoms with van der Waals surface area (Å²) in [5.41, 5.74) is 3.42. The summed E-state index contributed by atoms with van der Waals surface area (Å²) in [6, 6.07) is 15.8. The number of unbranched alkanes of at least 4 members (excludes halogenated alkanes) is 6. The second-order valence-corrected chi connectivity index (χ2v) is 11.5. The third-order valence-corrected chi connectivity index (χ3v) is 8.05. The van der Waals surface area contributed by atoms with E-state index in [1.54, 1.807) is 6.07 Å². The lowest BCUT2D eigenvalue weighted by atomic mass is 9.76. The van der Waals surface area contributed by atoms with E-state index in [0.717, 1.165) is 30.2 Å². The summed E-state index contributed by atoms with van der Waals surface area (Å²) in [5, 5.41) is 9.64. The second kappa shape index (κ2) is 15.6. The van der Waals surface area contributed by atoms with Crippen LogP contribution in [-0.4, -0.2) is 5.97 Å². The van der Waals surface area contributed by atoms with Crippen LogP contribution in [0.25, 0.3) is 0 Å². The molecule has 0 saturated heterocycles. The van der Waals surface area contributed by atoms with E-state index in [0.29, 0.717) is 22.8 Å². The van der Waals surface area contributed by atoms with Gasteiger partial charge in [0.05, 0.1) is 11.1 Å². The van der Waals surface area contributed by atoms with E-state index in [1.165, 1.54) is 82.6 Å². The molecule has 2 aromatic carbocycles. The number of carbonyl (C=O) groups excluding carboxylic acids is 1. The van der Waals surface area contributed by atoms with Gasteiger partial charge in [-0.05, 0) is 91.7 Å². The number of carbonyl (C=O) groups is 1. The zero-order chi connectivity index (χ0) is 26.5. The lowest BCUT2D eigenvalue weighted by Crippen LogP contribution is -2.14. The van der Waals surface area contributed by atoms with E-state index in [-0.39, 0.29) is 0 Å². The molecular formula is C34H47NO2.